The highest BCUT2D eigenvalue weighted by molar-refractivity contribution is 5.94. The van der Waals surface area contributed by atoms with Gasteiger partial charge >= 0.3 is 5.97 Å². The minimum absolute atomic E-state index is 0.126. The van der Waals surface area contributed by atoms with Crippen LogP contribution in [0.2, 0.25) is 0 Å². The molecule has 9 heteroatoms. The summed E-state index contributed by atoms with van der Waals surface area (Å²) in [7, 11) is 1.62. The molecule has 2 N–H and O–H groups in total. The molecule has 1 aromatic heterocycles. The Morgan fingerprint density at radius 2 is 1.85 bits per heavy atom. The minimum atomic E-state index is -0.340. The summed E-state index contributed by atoms with van der Waals surface area (Å²) < 4.78 is 36.6. The normalized spacial score (nSPS) is 14.7. The number of nitrogens with one attached hydrogen (secondary N) is 2. The molecule has 0 aliphatic heterocycles. The zero-order valence-electron chi connectivity index (χ0n) is 23.3. The molecule has 2 aromatic carbocycles. The number of amides is 1. The van der Waals surface area contributed by atoms with Crippen LogP contribution in [0.1, 0.15) is 73.2 Å². The highest BCUT2D eigenvalue weighted by Crippen LogP contribution is 2.41. The van der Waals surface area contributed by atoms with Gasteiger partial charge in [0.25, 0.3) is 5.91 Å². The lowest BCUT2D eigenvalue weighted by Gasteiger charge is -2.31. The van der Waals surface area contributed by atoms with E-state index in [0.29, 0.717) is 42.3 Å². The van der Waals surface area contributed by atoms with E-state index in [1.165, 1.54) is 18.6 Å². The Bertz CT molecular complexity index is 1250. The van der Waals surface area contributed by atoms with Gasteiger partial charge in [-0.3, -0.25) is 9.59 Å². The van der Waals surface area contributed by atoms with Crippen molar-refractivity contribution in [1.82, 2.24) is 5.32 Å². The molecule has 0 radical (unpaired) electrons. The number of hydrogen-bond acceptors (Lipinski definition) is 7. The van der Waals surface area contributed by atoms with Crippen molar-refractivity contribution in [2.45, 2.75) is 58.1 Å². The van der Waals surface area contributed by atoms with Gasteiger partial charge in [-0.25, -0.2) is 4.39 Å². The van der Waals surface area contributed by atoms with Gasteiger partial charge in [0.15, 0.2) is 0 Å². The number of hydrogen-bond donors (Lipinski definition) is 2. The molecule has 4 rings (SSSR count). The molecule has 8 nitrogen and oxygen atoms in total. The topological polar surface area (TPSA) is 99.0 Å². The van der Waals surface area contributed by atoms with Crippen LogP contribution in [0.25, 0.3) is 11.0 Å². The number of furan rings is 1. The maximum absolute atomic E-state index is 14.3. The number of rotatable bonds is 14. The van der Waals surface area contributed by atoms with Gasteiger partial charge in [-0.05, 0) is 68.1 Å². The van der Waals surface area contributed by atoms with E-state index in [9.17, 15) is 14.0 Å². The Morgan fingerprint density at radius 1 is 1.07 bits per heavy atom. The summed E-state index contributed by atoms with van der Waals surface area (Å²) in [5, 5.41) is 7.13. The molecule has 216 valence electrons. The van der Waals surface area contributed by atoms with Gasteiger partial charge in [-0.1, -0.05) is 19.3 Å². The highest BCUT2D eigenvalue weighted by Gasteiger charge is 2.31. The first-order valence-electron chi connectivity index (χ1n) is 14.1. The van der Waals surface area contributed by atoms with Crippen molar-refractivity contribution >= 4 is 28.5 Å². The largest absolute Gasteiger partial charge is 0.466 e. The molecule has 0 saturated heterocycles. The van der Waals surface area contributed by atoms with Gasteiger partial charge in [-0.15, -0.1) is 0 Å². The van der Waals surface area contributed by atoms with Gasteiger partial charge in [0.1, 0.15) is 17.2 Å². The van der Waals surface area contributed by atoms with Crippen LogP contribution in [-0.2, 0) is 25.6 Å². The molecule has 1 heterocycles. The van der Waals surface area contributed by atoms with Gasteiger partial charge in [-0.2, -0.15) is 0 Å². The number of halogens is 1. The van der Waals surface area contributed by atoms with Gasteiger partial charge < -0.3 is 29.3 Å². The Morgan fingerprint density at radius 3 is 2.58 bits per heavy atom. The van der Waals surface area contributed by atoms with E-state index in [1.807, 2.05) is 12.1 Å². The molecular weight excluding hydrogens is 515 g/mol. The van der Waals surface area contributed by atoms with Crippen LogP contribution in [0, 0.1) is 11.7 Å². The number of benzene rings is 2. The van der Waals surface area contributed by atoms with Gasteiger partial charge in [0.2, 0.25) is 0 Å². The molecule has 3 aromatic rings. The predicted octanol–water partition coefficient (Wildman–Crippen LogP) is 6.15. The molecular formula is C31H39FN2O6. The number of anilines is 1. The molecule has 1 amide bonds. The van der Waals surface area contributed by atoms with E-state index < -0.39 is 0 Å². The van der Waals surface area contributed by atoms with Crippen molar-refractivity contribution in [3.63, 3.8) is 0 Å². The summed E-state index contributed by atoms with van der Waals surface area (Å²) in [6.45, 7) is 3.44. The maximum atomic E-state index is 14.3. The fourth-order valence-corrected chi connectivity index (χ4v) is 5.23. The second kappa shape index (κ2) is 14.8. The number of carbonyl (C=O) groups excluding carboxylic acids is 2. The number of carbonyl (C=O) groups is 2. The van der Waals surface area contributed by atoms with Crippen molar-refractivity contribution in [2.24, 2.45) is 5.92 Å². The Balaban J connectivity index is 1.55. The van der Waals surface area contributed by atoms with E-state index >= 15 is 0 Å². The summed E-state index contributed by atoms with van der Waals surface area (Å²) in [5.41, 5.74) is 2.80. The second-order valence-electron chi connectivity index (χ2n) is 10.0. The maximum Gasteiger partial charge on any atom is 0.307 e. The fraction of sp³-hybridized carbons (Fsp3) is 0.484. The summed E-state index contributed by atoms with van der Waals surface area (Å²) in [4.78, 5) is 24.1. The van der Waals surface area contributed by atoms with Crippen LogP contribution in [-0.4, -0.2) is 45.4 Å². The first-order chi connectivity index (χ1) is 19.5. The van der Waals surface area contributed by atoms with Crippen LogP contribution in [0.15, 0.2) is 46.9 Å². The number of methoxy groups -OCH3 is 1. The molecule has 1 atom stereocenters. The Hall–Kier alpha value is -3.43. The zero-order chi connectivity index (χ0) is 28.3. The minimum Gasteiger partial charge on any atom is -0.466 e. The molecule has 1 saturated carbocycles. The van der Waals surface area contributed by atoms with Crippen LogP contribution < -0.4 is 10.6 Å². The summed E-state index contributed by atoms with van der Waals surface area (Å²) in [5.74, 6) is 0.159. The molecule has 1 aliphatic rings. The van der Waals surface area contributed by atoms with Crippen LogP contribution >= 0.6 is 0 Å². The lowest BCUT2D eigenvalue weighted by Crippen LogP contribution is -2.26. The third-order valence-corrected chi connectivity index (χ3v) is 7.26. The van der Waals surface area contributed by atoms with Crippen LogP contribution in [0.5, 0.6) is 0 Å². The van der Waals surface area contributed by atoms with Gasteiger partial charge in [0.05, 0.1) is 38.9 Å². The lowest BCUT2D eigenvalue weighted by atomic mass is 9.82. The number of ether oxygens (including phenoxy) is 3. The molecule has 1 aliphatic carbocycles. The third kappa shape index (κ3) is 7.82. The van der Waals surface area contributed by atoms with Crippen LogP contribution in [0.3, 0.4) is 0 Å². The van der Waals surface area contributed by atoms with E-state index in [4.69, 9.17) is 18.6 Å². The van der Waals surface area contributed by atoms with Crippen molar-refractivity contribution < 1.29 is 32.6 Å². The van der Waals surface area contributed by atoms with E-state index in [1.54, 1.807) is 32.2 Å². The molecule has 0 bridgehead atoms. The molecule has 40 heavy (non-hydrogen) atoms. The standard InChI is InChI=1S/C31H39FN2O6/c1-3-39-28(35)15-16-33-31(36)22-9-12-24(13-10-22)34-29(21-7-5-4-6-8-21)30-26(20-38-18-17-37-2)25-19-23(32)11-14-27(25)40-30/h9-14,19,21,29,34H,3-8,15-18,20H2,1-2H3,(H,33,36). The average molecular weight is 555 g/mol. The van der Waals surface area contributed by atoms with Crippen molar-refractivity contribution in [3.05, 3.63) is 65.2 Å². The predicted molar refractivity (Wildman–Crippen MR) is 151 cm³/mol. The van der Waals surface area contributed by atoms with Gasteiger partial charge in [0, 0.05) is 35.9 Å². The summed E-state index contributed by atoms with van der Waals surface area (Å²) >= 11 is 0. The SMILES string of the molecule is CCOC(=O)CCNC(=O)c1ccc(NC(c2oc3ccc(F)cc3c2COCCOC)C2CCCCC2)cc1. The summed E-state index contributed by atoms with van der Waals surface area (Å²) in [6, 6.07) is 11.7. The highest BCUT2D eigenvalue weighted by atomic mass is 19.1. The van der Waals surface area contributed by atoms with E-state index in [-0.39, 0.29) is 43.3 Å². The summed E-state index contributed by atoms with van der Waals surface area (Å²) in [6.07, 6.45) is 5.72. The van der Waals surface area contributed by atoms with E-state index in [2.05, 4.69) is 10.6 Å². The number of fused-ring (bicyclic) bond motifs is 1. The average Bonchev–Trinajstić information content (AvgIpc) is 3.32. The van der Waals surface area contributed by atoms with E-state index in [0.717, 1.165) is 42.7 Å². The quantitative estimate of drug-likeness (QED) is 0.182. The van der Waals surface area contributed by atoms with Crippen molar-refractivity contribution in [2.75, 3.05) is 38.8 Å². The first-order valence-corrected chi connectivity index (χ1v) is 14.1. The second-order valence-corrected chi connectivity index (χ2v) is 10.0. The monoisotopic (exact) mass is 554 g/mol. The Labute approximate surface area is 234 Å². The zero-order valence-corrected chi connectivity index (χ0v) is 23.3. The third-order valence-electron chi connectivity index (χ3n) is 7.26. The molecule has 1 unspecified atom stereocenters. The fourth-order valence-electron chi connectivity index (χ4n) is 5.23. The van der Waals surface area contributed by atoms with Crippen molar-refractivity contribution in [3.8, 4) is 0 Å². The number of esters is 1. The first kappa shape index (κ1) is 29.6. The molecule has 0 spiro atoms. The Kier molecular flexibility index (Phi) is 10.9. The van der Waals surface area contributed by atoms with Crippen molar-refractivity contribution in [1.29, 1.82) is 0 Å². The lowest BCUT2D eigenvalue weighted by molar-refractivity contribution is -0.142. The smallest absolute Gasteiger partial charge is 0.307 e. The molecule has 1 fully saturated rings. The van der Waals surface area contributed by atoms with Crippen LogP contribution in [0.4, 0.5) is 10.1 Å².